The average Bonchev–Trinajstić information content (AvgIpc) is 3.04. The Morgan fingerprint density at radius 3 is 2.36 bits per heavy atom. The van der Waals surface area contributed by atoms with E-state index in [1.54, 1.807) is 31.4 Å². The first-order valence-electron chi connectivity index (χ1n) is 6.76. The summed E-state index contributed by atoms with van der Waals surface area (Å²) in [5.74, 6) is 0.336. The van der Waals surface area contributed by atoms with E-state index in [1.807, 2.05) is 41.8 Å². The Labute approximate surface area is 132 Å². The van der Waals surface area contributed by atoms with Crippen LogP contribution in [-0.2, 0) is 0 Å². The van der Waals surface area contributed by atoms with E-state index in [0.717, 1.165) is 11.1 Å². The minimum Gasteiger partial charge on any atom is -0.497 e. The van der Waals surface area contributed by atoms with Crippen molar-refractivity contribution in [3.63, 3.8) is 0 Å². The third kappa shape index (κ3) is 3.18. The molecule has 1 aromatic heterocycles. The topological polar surface area (TPSA) is 35.5 Å². The van der Waals surface area contributed by atoms with Gasteiger partial charge in [0.25, 0.3) is 0 Å². The second kappa shape index (κ2) is 6.45. The summed E-state index contributed by atoms with van der Waals surface area (Å²) in [6.45, 7) is 0. The van der Waals surface area contributed by atoms with E-state index < -0.39 is 0 Å². The maximum Gasteiger partial charge on any atom is 0.344 e. The lowest BCUT2D eigenvalue weighted by atomic mass is 10.1. The predicted octanol–water partition coefficient (Wildman–Crippen LogP) is 4.64. The third-order valence-corrected chi connectivity index (χ3v) is 4.01. The van der Waals surface area contributed by atoms with Crippen LogP contribution in [0.2, 0.25) is 0 Å². The summed E-state index contributed by atoms with van der Waals surface area (Å²) in [5, 5.41) is 2.56. The van der Waals surface area contributed by atoms with Crippen molar-refractivity contribution >= 4 is 17.3 Å². The molecule has 0 aliphatic carbocycles. The van der Waals surface area contributed by atoms with Gasteiger partial charge in [-0.1, -0.05) is 30.3 Å². The van der Waals surface area contributed by atoms with Gasteiger partial charge in [0.2, 0.25) is 0 Å². The summed E-state index contributed by atoms with van der Waals surface area (Å²) in [6.07, 6.45) is 0. The first-order chi connectivity index (χ1) is 10.8. The fourth-order valence-corrected chi connectivity index (χ4v) is 2.80. The first-order valence-corrected chi connectivity index (χ1v) is 7.64. The van der Waals surface area contributed by atoms with E-state index in [1.165, 1.54) is 11.3 Å². The highest BCUT2D eigenvalue weighted by molar-refractivity contribution is 7.12. The van der Waals surface area contributed by atoms with Gasteiger partial charge < -0.3 is 9.47 Å². The zero-order valence-corrected chi connectivity index (χ0v) is 12.8. The first kappa shape index (κ1) is 14.4. The van der Waals surface area contributed by atoms with Crippen molar-refractivity contribution in [1.29, 1.82) is 0 Å². The Bertz CT molecular complexity index is 761. The molecule has 4 heteroatoms. The third-order valence-electron chi connectivity index (χ3n) is 3.20. The molecule has 0 N–H and O–H groups in total. The van der Waals surface area contributed by atoms with Crippen molar-refractivity contribution in [2.75, 3.05) is 7.11 Å². The maximum atomic E-state index is 12.1. The molecule has 3 aromatic rings. The normalized spacial score (nSPS) is 10.2. The van der Waals surface area contributed by atoms with Crippen LogP contribution in [0.25, 0.3) is 11.1 Å². The van der Waals surface area contributed by atoms with Gasteiger partial charge in [-0.3, -0.25) is 0 Å². The Morgan fingerprint density at radius 1 is 0.955 bits per heavy atom. The zero-order chi connectivity index (χ0) is 15.4. The number of carbonyl (C=O) groups is 1. The lowest BCUT2D eigenvalue weighted by Gasteiger charge is -2.03. The van der Waals surface area contributed by atoms with Gasteiger partial charge in [0.05, 0.1) is 12.7 Å². The van der Waals surface area contributed by atoms with Crippen molar-refractivity contribution in [1.82, 2.24) is 0 Å². The number of rotatable bonds is 4. The minimum atomic E-state index is -0.371. The van der Waals surface area contributed by atoms with Crippen LogP contribution >= 0.6 is 11.3 Å². The quantitative estimate of drug-likeness (QED) is 0.658. The van der Waals surface area contributed by atoms with Gasteiger partial charge >= 0.3 is 5.97 Å². The molecule has 0 spiro atoms. The molecule has 0 aliphatic heterocycles. The Morgan fingerprint density at radius 2 is 1.68 bits per heavy atom. The van der Waals surface area contributed by atoms with E-state index in [4.69, 9.17) is 9.47 Å². The molecular formula is C18H14O3S. The molecular weight excluding hydrogens is 296 g/mol. The van der Waals surface area contributed by atoms with Gasteiger partial charge in [-0.25, -0.2) is 4.79 Å². The molecule has 2 aromatic carbocycles. The summed E-state index contributed by atoms with van der Waals surface area (Å²) in [6, 6.07) is 18.7. The molecule has 0 atom stereocenters. The smallest absolute Gasteiger partial charge is 0.344 e. The Hall–Kier alpha value is -2.59. The summed E-state index contributed by atoms with van der Waals surface area (Å²) >= 11 is 1.41. The van der Waals surface area contributed by atoms with Crippen molar-refractivity contribution < 1.29 is 14.3 Å². The van der Waals surface area contributed by atoms with E-state index in [2.05, 4.69) is 0 Å². The second-order valence-electron chi connectivity index (χ2n) is 4.64. The van der Waals surface area contributed by atoms with Gasteiger partial charge in [0.15, 0.2) is 5.06 Å². The standard InChI is InChI=1S/C18H14O3S/c1-20-16-9-7-14(8-10-16)18(19)21-17-11-15(12-22-17)13-5-3-2-4-6-13/h2-12H,1H3. The molecule has 0 amide bonds. The number of carbonyl (C=O) groups excluding carboxylic acids is 1. The molecule has 3 nitrogen and oxygen atoms in total. The summed E-state index contributed by atoms with van der Waals surface area (Å²) in [5.41, 5.74) is 2.64. The van der Waals surface area contributed by atoms with Gasteiger partial charge in [0.1, 0.15) is 5.75 Å². The van der Waals surface area contributed by atoms with Crippen LogP contribution in [0.3, 0.4) is 0 Å². The molecule has 0 aliphatic rings. The summed E-state index contributed by atoms with van der Waals surface area (Å²) < 4.78 is 10.5. The summed E-state index contributed by atoms with van der Waals surface area (Å²) in [7, 11) is 1.59. The van der Waals surface area contributed by atoms with Crippen molar-refractivity contribution in [2.45, 2.75) is 0 Å². The van der Waals surface area contributed by atoms with E-state index in [9.17, 15) is 4.79 Å². The SMILES string of the molecule is COc1ccc(C(=O)Oc2cc(-c3ccccc3)cs2)cc1. The molecule has 0 saturated carbocycles. The molecule has 0 saturated heterocycles. The van der Waals surface area contributed by atoms with E-state index in [-0.39, 0.29) is 5.97 Å². The molecule has 1 heterocycles. The lowest BCUT2D eigenvalue weighted by molar-refractivity contribution is 0.0740. The predicted molar refractivity (Wildman–Crippen MR) is 87.7 cm³/mol. The summed E-state index contributed by atoms with van der Waals surface area (Å²) in [4.78, 5) is 12.1. The fourth-order valence-electron chi connectivity index (χ4n) is 2.03. The highest BCUT2D eigenvalue weighted by Crippen LogP contribution is 2.31. The van der Waals surface area contributed by atoms with Crippen molar-refractivity contribution in [2.24, 2.45) is 0 Å². The minimum absolute atomic E-state index is 0.371. The van der Waals surface area contributed by atoms with Gasteiger partial charge in [-0.05, 0) is 35.4 Å². The molecule has 22 heavy (non-hydrogen) atoms. The Kier molecular flexibility index (Phi) is 4.21. The number of hydrogen-bond donors (Lipinski definition) is 0. The number of ether oxygens (including phenoxy) is 2. The van der Waals surface area contributed by atoms with Crippen LogP contribution in [0.5, 0.6) is 10.8 Å². The number of hydrogen-bond acceptors (Lipinski definition) is 4. The van der Waals surface area contributed by atoms with Crippen LogP contribution in [0.15, 0.2) is 66.0 Å². The molecule has 0 unspecified atom stereocenters. The monoisotopic (exact) mass is 310 g/mol. The van der Waals surface area contributed by atoms with Crippen molar-refractivity contribution in [3.8, 4) is 21.9 Å². The average molecular weight is 310 g/mol. The lowest BCUT2D eigenvalue weighted by Crippen LogP contribution is -2.07. The number of thiophene rings is 1. The van der Waals surface area contributed by atoms with E-state index in [0.29, 0.717) is 16.4 Å². The van der Waals surface area contributed by atoms with Crippen LogP contribution in [0, 0.1) is 0 Å². The highest BCUT2D eigenvalue weighted by Gasteiger charge is 2.11. The van der Waals surface area contributed by atoms with Gasteiger partial charge in [-0.2, -0.15) is 0 Å². The second-order valence-corrected chi connectivity index (χ2v) is 5.51. The molecule has 110 valence electrons. The molecule has 0 radical (unpaired) electrons. The van der Waals surface area contributed by atoms with Crippen LogP contribution < -0.4 is 9.47 Å². The van der Waals surface area contributed by atoms with Crippen LogP contribution in [-0.4, -0.2) is 13.1 Å². The largest absolute Gasteiger partial charge is 0.497 e. The number of methoxy groups -OCH3 is 1. The van der Waals surface area contributed by atoms with E-state index >= 15 is 0 Å². The van der Waals surface area contributed by atoms with Gasteiger partial charge in [0, 0.05) is 11.4 Å². The Balaban J connectivity index is 1.73. The van der Waals surface area contributed by atoms with Crippen LogP contribution in [0.1, 0.15) is 10.4 Å². The maximum absolute atomic E-state index is 12.1. The van der Waals surface area contributed by atoms with Crippen molar-refractivity contribution in [3.05, 3.63) is 71.6 Å². The highest BCUT2D eigenvalue weighted by atomic mass is 32.1. The fraction of sp³-hybridized carbons (Fsp3) is 0.0556. The molecule has 0 fully saturated rings. The number of esters is 1. The molecule has 0 bridgehead atoms. The zero-order valence-electron chi connectivity index (χ0n) is 12.0. The number of benzene rings is 2. The van der Waals surface area contributed by atoms with Gasteiger partial charge in [-0.15, -0.1) is 11.3 Å². The molecule has 3 rings (SSSR count). The van der Waals surface area contributed by atoms with Crippen LogP contribution in [0.4, 0.5) is 0 Å².